The number of H-pyrrole nitrogens is 1. The first-order chi connectivity index (χ1) is 13.2. The van der Waals surface area contributed by atoms with Gasteiger partial charge >= 0.3 is 0 Å². The topological polar surface area (TPSA) is 84.8 Å². The molecule has 3 heterocycles. The van der Waals surface area contributed by atoms with Gasteiger partial charge in [-0.3, -0.25) is 14.9 Å². The fraction of sp³-hybridized carbons (Fsp3) is 0.150. The summed E-state index contributed by atoms with van der Waals surface area (Å²) in [5, 5.41) is 11.1. The van der Waals surface area contributed by atoms with Crippen molar-refractivity contribution in [2.24, 2.45) is 0 Å². The number of anilines is 1. The number of amides is 1. The molecule has 7 nitrogen and oxygen atoms in total. The van der Waals surface area contributed by atoms with Crippen LogP contribution in [0.2, 0.25) is 0 Å². The third-order valence-electron chi connectivity index (χ3n) is 4.44. The zero-order chi connectivity index (χ0) is 18.8. The van der Waals surface area contributed by atoms with E-state index in [-0.39, 0.29) is 5.91 Å². The summed E-state index contributed by atoms with van der Waals surface area (Å²) in [7, 11) is 1.66. The number of methoxy groups -OCH3 is 1. The van der Waals surface area contributed by atoms with Crippen molar-refractivity contribution in [2.75, 3.05) is 12.4 Å². The average molecular weight is 361 g/mol. The van der Waals surface area contributed by atoms with Gasteiger partial charge in [-0.25, -0.2) is 0 Å². The van der Waals surface area contributed by atoms with Gasteiger partial charge in [0, 0.05) is 35.9 Å². The largest absolute Gasteiger partial charge is 0.497 e. The second-order valence-corrected chi connectivity index (χ2v) is 6.06. The Balaban J connectivity index is 1.65. The molecule has 4 rings (SSSR count). The number of nitrogens with one attached hydrogen (secondary N) is 2. The number of nitrogens with zero attached hydrogens (tertiary/aromatic N) is 3. The van der Waals surface area contributed by atoms with Crippen LogP contribution in [-0.4, -0.2) is 32.8 Å². The van der Waals surface area contributed by atoms with Gasteiger partial charge in [0.25, 0.3) is 5.91 Å². The molecule has 0 saturated carbocycles. The van der Waals surface area contributed by atoms with Crippen LogP contribution in [-0.2, 0) is 6.54 Å². The highest BCUT2D eigenvalue weighted by atomic mass is 16.5. The van der Waals surface area contributed by atoms with Gasteiger partial charge < -0.3 is 14.6 Å². The summed E-state index contributed by atoms with van der Waals surface area (Å²) < 4.78 is 7.51. The highest BCUT2D eigenvalue weighted by molar-refractivity contribution is 6.03. The van der Waals surface area contributed by atoms with Gasteiger partial charge in [-0.05, 0) is 43.3 Å². The van der Waals surface area contributed by atoms with E-state index in [1.165, 1.54) is 6.20 Å². The Labute approximate surface area is 156 Å². The van der Waals surface area contributed by atoms with Gasteiger partial charge in [0.05, 0.1) is 24.1 Å². The standard InChI is InChI=1S/C20H19N5O2/c1-3-25-17-7-6-15(27-2)9-14(17)10-18(25)16-11-19(24-23-16)22-20(26)13-5-4-8-21-12-13/h4-12H,3H2,1-2H3,(H2,22,23,24,26). The molecule has 0 unspecified atom stereocenters. The molecule has 4 aromatic rings. The number of pyridine rings is 1. The first kappa shape index (κ1) is 16.8. The molecular weight excluding hydrogens is 342 g/mol. The van der Waals surface area contributed by atoms with Crippen molar-refractivity contribution in [2.45, 2.75) is 13.5 Å². The summed E-state index contributed by atoms with van der Waals surface area (Å²) in [5.41, 5.74) is 3.42. The summed E-state index contributed by atoms with van der Waals surface area (Å²) in [5.74, 6) is 1.03. The van der Waals surface area contributed by atoms with E-state index in [1.807, 2.05) is 24.3 Å². The van der Waals surface area contributed by atoms with E-state index in [1.54, 1.807) is 25.4 Å². The molecule has 2 N–H and O–H groups in total. The Morgan fingerprint density at radius 2 is 2.15 bits per heavy atom. The highest BCUT2D eigenvalue weighted by Gasteiger charge is 2.14. The number of aromatic amines is 1. The van der Waals surface area contributed by atoms with Gasteiger partial charge in [-0.15, -0.1) is 0 Å². The molecule has 27 heavy (non-hydrogen) atoms. The Morgan fingerprint density at radius 1 is 1.26 bits per heavy atom. The molecule has 0 radical (unpaired) electrons. The predicted octanol–water partition coefficient (Wildman–Crippen LogP) is 3.71. The molecule has 0 spiro atoms. The maximum atomic E-state index is 12.3. The van der Waals surface area contributed by atoms with Crippen LogP contribution in [0.4, 0.5) is 5.82 Å². The summed E-state index contributed by atoms with van der Waals surface area (Å²) in [6.45, 7) is 2.90. The second-order valence-electron chi connectivity index (χ2n) is 6.06. The number of fused-ring (bicyclic) bond motifs is 1. The first-order valence-electron chi connectivity index (χ1n) is 8.64. The minimum absolute atomic E-state index is 0.248. The third-order valence-corrected chi connectivity index (χ3v) is 4.44. The molecule has 0 aliphatic rings. The Hall–Kier alpha value is -3.61. The predicted molar refractivity (Wildman–Crippen MR) is 104 cm³/mol. The van der Waals surface area contributed by atoms with Crippen LogP contribution >= 0.6 is 0 Å². The molecule has 0 aliphatic carbocycles. The van der Waals surface area contributed by atoms with Crippen molar-refractivity contribution in [1.82, 2.24) is 19.7 Å². The van der Waals surface area contributed by atoms with Crippen LogP contribution < -0.4 is 10.1 Å². The van der Waals surface area contributed by atoms with Crippen LogP contribution in [0.15, 0.2) is 54.9 Å². The number of carbonyl (C=O) groups excluding carboxylic acids is 1. The first-order valence-corrected chi connectivity index (χ1v) is 8.64. The van der Waals surface area contributed by atoms with Gasteiger partial charge in [0.15, 0.2) is 5.82 Å². The number of hydrogen-bond donors (Lipinski definition) is 2. The molecule has 3 aromatic heterocycles. The molecule has 0 aliphatic heterocycles. The Morgan fingerprint density at radius 3 is 2.89 bits per heavy atom. The molecule has 7 heteroatoms. The number of benzene rings is 1. The van der Waals surface area contributed by atoms with Gasteiger partial charge in [-0.1, -0.05) is 0 Å². The van der Waals surface area contributed by atoms with Gasteiger partial charge in [0.1, 0.15) is 5.75 Å². The lowest BCUT2D eigenvalue weighted by atomic mass is 10.2. The smallest absolute Gasteiger partial charge is 0.258 e. The number of ether oxygens (including phenoxy) is 1. The van der Waals surface area contributed by atoms with Crippen molar-refractivity contribution in [1.29, 1.82) is 0 Å². The van der Waals surface area contributed by atoms with Crippen molar-refractivity contribution in [3.05, 3.63) is 60.4 Å². The van der Waals surface area contributed by atoms with Crippen molar-refractivity contribution >= 4 is 22.6 Å². The van der Waals surface area contributed by atoms with Crippen LogP contribution in [0.5, 0.6) is 5.75 Å². The lowest BCUT2D eigenvalue weighted by molar-refractivity contribution is 0.102. The van der Waals surface area contributed by atoms with E-state index in [9.17, 15) is 4.79 Å². The highest BCUT2D eigenvalue weighted by Crippen LogP contribution is 2.30. The van der Waals surface area contributed by atoms with Crippen LogP contribution in [0, 0.1) is 0 Å². The lowest BCUT2D eigenvalue weighted by Crippen LogP contribution is -2.12. The summed E-state index contributed by atoms with van der Waals surface area (Å²) in [6.07, 6.45) is 3.15. The van der Waals surface area contributed by atoms with Crippen LogP contribution in [0.1, 0.15) is 17.3 Å². The number of carbonyl (C=O) groups is 1. The number of aromatic nitrogens is 4. The number of hydrogen-bond acceptors (Lipinski definition) is 4. The molecule has 0 saturated heterocycles. The third kappa shape index (κ3) is 3.15. The van der Waals surface area contributed by atoms with Gasteiger partial charge in [-0.2, -0.15) is 5.10 Å². The van der Waals surface area contributed by atoms with Gasteiger partial charge in [0.2, 0.25) is 0 Å². The molecule has 0 fully saturated rings. The average Bonchev–Trinajstić information content (AvgIpc) is 3.31. The van der Waals surface area contributed by atoms with Crippen LogP contribution in [0.25, 0.3) is 22.3 Å². The van der Waals surface area contributed by atoms with E-state index >= 15 is 0 Å². The van der Waals surface area contributed by atoms with Crippen LogP contribution in [0.3, 0.4) is 0 Å². The quantitative estimate of drug-likeness (QED) is 0.567. The van der Waals surface area contributed by atoms with E-state index < -0.39 is 0 Å². The second kappa shape index (κ2) is 6.95. The maximum absolute atomic E-state index is 12.3. The van der Waals surface area contributed by atoms with E-state index in [2.05, 4.69) is 38.1 Å². The monoisotopic (exact) mass is 361 g/mol. The Bertz CT molecular complexity index is 1100. The maximum Gasteiger partial charge on any atom is 0.258 e. The normalized spacial score (nSPS) is 10.9. The van der Waals surface area contributed by atoms with Crippen molar-refractivity contribution < 1.29 is 9.53 Å². The molecule has 1 amide bonds. The Kier molecular flexibility index (Phi) is 4.33. The fourth-order valence-corrected chi connectivity index (χ4v) is 3.14. The molecule has 0 bridgehead atoms. The van der Waals surface area contributed by atoms with E-state index in [0.29, 0.717) is 11.4 Å². The summed E-state index contributed by atoms with van der Waals surface area (Å²) >= 11 is 0. The zero-order valence-electron chi connectivity index (χ0n) is 15.1. The van der Waals surface area contributed by atoms with Crippen molar-refractivity contribution in [3.8, 4) is 17.1 Å². The van der Waals surface area contributed by atoms with Crippen molar-refractivity contribution in [3.63, 3.8) is 0 Å². The number of aryl methyl sites for hydroxylation is 1. The summed E-state index contributed by atoms with van der Waals surface area (Å²) in [4.78, 5) is 16.2. The molecule has 136 valence electrons. The number of rotatable bonds is 5. The lowest BCUT2D eigenvalue weighted by Gasteiger charge is -2.06. The fourth-order valence-electron chi connectivity index (χ4n) is 3.14. The SMILES string of the molecule is CCn1c(-c2cc(NC(=O)c3cccnc3)n[nH]2)cc2cc(OC)ccc21. The zero-order valence-corrected chi connectivity index (χ0v) is 15.1. The molecule has 0 atom stereocenters. The van der Waals surface area contributed by atoms with E-state index in [4.69, 9.17) is 4.74 Å². The minimum Gasteiger partial charge on any atom is -0.497 e. The molecule has 1 aromatic carbocycles. The summed E-state index contributed by atoms with van der Waals surface area (Å²) in [6, 6.07) is 13.3. The van der Waals surface area contributed by atoms with E-state index in [0.717, 1.165) is 34.6 Å². The molecular formula is C20H19N5O2. The minimum atomic E-state index is -0.248.